The third-order valence-corrected chi connectivity index (χ3v) is 5.53. The van der Waals surface area contributed by atoms with E-state index in [9.17, 15) is 5.26 Å². The van der Waals surface area contributed by atoms with E-state index in [0.717, 1.165) is 26.4 Å². The summed E-state index contributed by atoms with van der Waals surface area (Å²) in [7, 11) is 0. The Labute approximate surface area is 159 Å². The topological polar surface area (TPSA) is 78.2 Å². The number of hydrogen-bond donors (Lipinski definition) is 1. The number of H-pyrrole nitrogens is 1. The van der Waals surface area contributed by atoms with Crippen LogP contribution in [0.15, 0.2) is 55.1 Å². The highest BCUT2D eigenvalue weighted by molar-refractivity contribution is 7.19. The van der Waals surface area contributed by atoms with E-state index in [0.29, 0.717) is 22.8 Å². The zero-order valence-corrected chi connectivity index (χ0v) is 15.1. The minimum absolute atomic E-state index is 0.609. The molecule has 3 heterocycles. The van der Waals surface area contributed by atoms with Crippen LogP contribution in [-0.4, -0.2) is 20.2 Å². The molecule has 7 heteroatoms. The molecule has 1 N–H and O–H groups in total. The van der Waals surface area contributed by atoms with E-state index in [1.165, 1.54) is 17.7 Å². The molecular formula is C19H12ClN5S. The van der Waals surface area contributed by atoms with Gasteiger partial charge in [0.2, 0.25) is 0 Å². The van der Waals surface area contributed by atoms with Crippen LogP contribution < -0.4 is 0 Å². The number of thiophene rings is 1. The van der Waals surface area contributed by atoms with Crippen LogP contribution in [0.5, 0.6) is 0 Å². The maximum atomic E-state index is 9.87. The molecule has 4 rings (SSSR count). The highest BCUT2D eigenvalue weighted by Crippen LogP contribution is 2.41. The standard InChI is InChI=1S/C19H12ClN5S/c20-14-3-1-12(2-4-14)9-15-16(10-21)17(13-5-7-22-8-6-13)26-18(15)19-23-11-24-25-19/h1-8,11H,9H2,(H,23,24,25). The Balaban J connectivity index is 1.89. The lowest BCUT2D eigenvalue weighted by Gasteiger charge is -2.04. The van der Waals surface area contributed by atoms with Crippen molar-refractivity contribution in [3.05, 3.63) is 76.8 Å². The number of benzene rings is 1. The van der Waals surface area contributed by atoms with Crippen molar-refractivity contribution in [2.24, 2.45) is 0 Å². The third-order valence-electron chi connectivity index (χ3n) is 3.99. The van der Waals surface area contributed by atoms with E-state index < -0.39 is 0 Å². The van der Waals surface area contributed by atoms with E-state index in [1.54, 1.807) is 12.4 Å². The average molecular weight is 378 g/mol. The first kappa shape index (κ1) is 16.5. The molecule has 0 bridgehead atoms. The zero-order chi connectivity index (χ0) is 17.9. The van der Waals surface area contributed by atoms with Crippen molar-refractivity contribution in [3.63, 3.8) is 0 Å². The van der Waals surface area contributed by atoms with Crippen LogP contribution in [0.4, 0.5) is 0 Å². The number of pyridine rings is 1. The van der Waals surface area contributed by atoms with Gasteiger partial charge in [-0.3, -0.25) is 10.1 Å². The first-order valence-corrected chi connectivity index (χ1v) is 9.02. The molecule has 1 aromatic carbocycles. The lowest BCUT2D eigenvalue weighted by atomic mass is 9.99. The lowest BCUT2D eigenvalue weighted by molar-refractivity contribution is 1.09. The Morgan fingerprint density at radius 2 is 1.85 bits per heavy atom. The van der Waals surface area contributed by atoms with Gasteiger partial charge in [0.1, 0.15) is 12.4 Å². The largest absolute Gasteiger partial charge is 0.265 e. The predicted molar refractivity (Wildman–Crippen MR) is 102 cm³/mol. The number of nitriles is 1. The van der Waals surface area contributed by atoms with Gasteiger partial charge in [-0.05, 0) is 41.0 Å². The van der Waals surface area contributed by atoms with E-state index in [1.807, 2.05) is 36.4 Å². The number of aromatic nitrogens is 4. The van der Waals surface area contributed by atoms with Gasteiger partial charge in [0.05, 0.1) is 15.3 Å². The van der Waals surface area contributed by atoms with Gasteiger partial charge >= 0.3 is 0 Å². The number of aromatic amines is 1. The van der Waals surface area contributed by atoms with Gasteiger partial charge in [-0.15, -0.1) is 11.3 Å². The molecule has 0 atom stereocenters. The highest BCUT2D eigenvalue weighted by atomic mass is 35.5. The monoisotopic (exact) mass is 377 g/mol. The van der Waals surface area contributed by atoms with Crippen molar-refractivity contribution in [2.75, 3.05) is 0 Å². The predicted octanol–water partition coefficient (Wildman–Crippen LogP) is 4.71. The number of hydrogen-bond acceptors (Lipinski definition) is 5. The Morgan fingerprint density at radius 1 is 1.08 bits per heavy atom. The zero-order valence-electron chi connectivity index (χ0n) is 13.5. The molecule has 5 nitrogen and oxygen atoms in total. The molecule has 3 aromatic heterocycles. The summed E-state index contributed by atoms with van der Waals surface area (Å²) in [4.78, 5) is 10.2. The van der Waals surface area contributed by atoms with Crippen molar-refractivity contribution >= 4 is 22.9 Å². The van der Waals surface area contributed by atoms with Crippen molar-refractivity contribution in [1.29, 1.82) is 5.26 Å². The fourth-order valence-electron chi connectivity index (χ4n) is 2.77. The highest BCUT2D eigenvalue weighted by Gasteiger charge is 2.22. The first-order valence-electron chi connectivity index (χ1n) is 7.82. The molecule has 0 radical (unpaired) electrons. The maximum absolute atomic E-state index is 9.87. The normalized spacial score (nSPS) is 10.6. The number of rotatable bonds is 4. The van der Waals surface area contributed by atoms with E-state index in [-0.39, 0.29) is 0 Å². The second-order valence-electron chi connectivity index (χ2n) is 5.60. The quantitative estimate of drug-likeness (QED) is 0.558. The molecule has 0 fully saturated rings. The molecule has 0 aliphatic heterocycles. The minimum atomic E-state index is 0.609. The number of halogens is 1. The summed E-state index contributed by atoms with van der Waals surface area (Å²) in [5, 5.41) is 17.4. The van der Waals surface area contributed by atoms with E-state index in [4.69, 9.17) is 11.6 Å². The fraction of sp³-hybridized carbons (Fsp3) is 0.0526. The van der Waals surface area contributed by atoms with Crippen LogP contribution >= 0.6 is 22.9 Å². The summed E-state index contributed by atoms with van der Waals surface area (Å²) in [6.07, 6.45) is 5.53. The van der Waals surface area contributed by atoms with Crippen LogP contribution in [0.1, 0.15) is 16.7 Å². The van der Waals surface area contributed by atoms with E-state index >= 15 is 0 Å². The van der Waals surface area contributed by atoms with Crippen molar-refractivity contribution < 1.29 is 0 Å². The Hall–Kier alpha value is -3.01. The molecule has 0 unspecified atom stereocenters. The van der Waals surface area contributed by atoms with Gasteiger partial charge in [-0.2, -0.15) is 10.4 Å². The summed E-state index contributed by atoms with van der Waals surface area (Å²) in [6.45, 7) is 0. The molecule has 0 amide bonds. The average Bonchev–Trinajstić information content (AvgIpc) is 3.32. The smallest absolute Gasteiger partial charge is 0.165 e. The summed E-state index contributed by atoms with van der Waals surface area (Å²) in [5.74, 6) is 0.663. The molecule has 0 saturated heterocycles. The molecule has 4 aromatic rings. The SMILES string of the molecule is N#Cc1c(-c2ccncc2)sc(-c2ncn[nH]2)c1Cc1ccc(Cl)cc1. The summed E-state index contributed by atoms with van der Waals surface area (Å²) in [6, 6.07) is 13.8. The van der Waals surface area contributed by atoms with Crippen LogP contribution in [0, 0.1) is 11.3 Å². The second-order valence-corrected chi connectivity index (χ2v) is 7.06. The molecule has 26 heavy (non-hydrogen) atoms. The van der Waals surface area contributed by atoms with Crippen LogP contribution in [0.25, 0.3) is 21.1 Å². The maximum Gasteiger partial charge on any atom is 0.165 e. The van der Waals surface area contributed by atoms with E-state index in [2.05, 4.69) is 26.2 Å². The molecule has 0 aliphatic carbocycles. The molecule has 0 spiro atoms. The van der Waals surface area contributed by atoms with Gasteiger partial charge in [0.15, 0.2) is 5.82 Å². The van der Waals surface area contributed by atoms with Gasteiger partial charge < -0.3 is 0 Å². The second kappa shape index (κ2) is 7.08. The number of nitrogens with zero attached hydrogens (tertiary/aromatic N) is 4. The molecule has 0 saturated carbocycles. The van der Waals surface area contributed by atoms with Gasteiger partial charge in [-0.1, -0.05) is 23.7 Å². The summed E-state index contributed by atoms with van der Waals surface area (Å²) >= 11 is 7.52. The summed E-state index contributed by atoms with van der Waals surface area (Å²) in [5.41, 5.74) is 3.63. The molecular weight excluding hydrogens is 366 g/mol. The van der Waals surface area contributed by atoms with Crippen molar-refractivity contribution in [2.45, 2.75) is 6.42 Å². The Morgan fingerprint density at radius 3 is 2.50 bits per heavy atom. The van der Waals surface area contributed by atoms with Crippen molar-refractivity contribution in [1.82, 2.24) is 20.2 Å². The van der Waals surface area contributed by atoms with Gasteiger partial charge in [-0.25, -0.2) is 4.98 Å². The minimum Gasteiger partial charge on any atom is -0.265 e. The molecule has 0 aliphatic rings. The number of nitrogens with one attached hydrogen (secondary N) is 1. The van der Waals surface area contributed by atoms with Crippen LogP contribution in [0.2, 0.25) is 5.02 Å². The first-order chi connectivity index (χ1) is 12.8. The summed E-state index contributed by atoms with van der Waals surface area (Å²) < 4.78 is 0. The fourth-order valence-corrected chi connectivity index (χ4v) is 4.12. The van der Waals surface area contributed by atoms with Crippen molar-refractivity contribution in [3.8, 4) is 27.2 Å². The molecule has 126 valence electrons. The Kier molecular flexibility index (Phi) is 4.48. The van der Waals surface area contributed by atoms with Gasteiger partial charge in [0, 0.05) is 23.8 Å². The van der Waals surface area contributed by atoms with Crippen LogP contribution in [-0.2, 0) is 6.42 Å². The third kappa shape index (κ3) is 3.10. The lowest BCUT2D eigenvalue weighted by Crippen LogP contribution is -1.93. The van der Waals surface area contributed by atoms with Crippen LogP contribution in [0.3, 0.4) is 0 Å². The van der Waals surface area contributed by atoms with Gasteiger partial charge in [0.25, 0.3) is 0 Å². The Bertz CT molecular complexity index is 1060.